The Hall–Kier alpha value is -1.94. The van der Waals surface area contributed by atoms with Crippen LogP contribution in [-0.2, 0) is 0 Å². The maximum absolute atomic E-state index is 12.7. The van der Waals surface area contributed by atoms with Crippen LogP contribution in [0.25, 0.3) is 0 Å². The number of nitrogens with zero attached hydrogens (tertiary/aromatic N) is 1. The number of benzene rings is 1. The minimum atomic E-state index is -0.880. The monoisotopic (exact) mass is 218 g/mol. The van der Waals surface area contributed by atoms with E-state index in [1.54, 1.807) is 18.3 Å². The van der Waals surface area contributed by atoms with Gasteiger partial charge in [-0.25, -0.2) is 9.37 Å². The molecule has 0 saturated heterocycles. The van der Waals surface area contributed by atoms with E-state index in [-0.39, 0.29) is 11.6 Å². The molecule has 1 aromatic heterocycles. The Labute approximate surface area is 92.4 Å². The van der Waals surface area contributed by atoms with Crippen LogP contribution in [0.3, 0.4) is 0 Å². The molecule has 4 heteroatoms. The number of rotatable bonds is 2. The van der Waals surface area contributed by atoms with E-state index in [0.717, 1.165) is 0 Å². The molecule has 0 radical (unpaired) electrons. The first-order chi connectivity index (χ1) is 7.68. The van der Waals surface area contributed by atoms with Gasteiger partial charge in [-0.3, -0.25) is 0 Å². The van der Waals surface area contributed by atoms with Crippen molar-refractivity contribution in [2.75, 3.05) is 5.73 Å². The Kier molecular flexibility index (Phi) is 2.83. The van der Waals surface area contributed by atoms with E-state index in [1.807, 2.05) is 0 Å². The third-order valence-corrected chi connectivity index (χ3v) is 2.35. The van der Waals surface area contributed by atoms with Crippen LogP contribution >= 0.6 is 0 Å². The Morgan fingerprint density at radius 1 is 1.19 bits per heavy atom. The fourth-order valence-electron chi connectivity index (χ4n) is 1.49. The summed E-state index contributed by atoms with van der Waals surface area (Å²) in [5, 5.41) is 10.0. The van der Waals surface area contributed by atoms with Crippen molar-refractivity contribution in [3.05, 3.63) is 59.5 Å². The lowest BCUT2D eigenvalue weighted by molar-refractivity contribution is 0.220. The summed E-state index contributed by atoms with van der Waals surface area (Å²) in [6.45, 7) is 0. The molecular weight excluding hydrogens is 207 g/mol. The third kappa shape index (κ3) is 2.01. The molecule has 16 heavy (non-hydrogen) atoms. The Bertz CT molecular complexity index is 485. The number of aliphatic hydroxyl groups excluding tert-OH is 1. The molecule has 1 unspecified atom stereocenters. The second-order valence-corrected chi connectivity index (χ2v) is 3.43. The van der Waals surface area contributed by atoms with Crippen molar-refractivity contribution < 1.29 is 9.50 Å². The molecular formula is C12H11FN2O. The average molecular weight is 218 g/mol. The number of aromatic nitrogens is 1. The lowest BCUT2D eigenvalue weighted by atomic mass is 10.0. The number of anilines is 1. The maximum atomic E-state index is 12.7. The van der Waals surface area contributed by atoms with Crippen molar-refractivity contribution in [3.8, 4) is 0 Å². The molecule has 0 saturated carbocycles. The van der Waals surface area contributed by atoms with Crippen molar-refractivity contribution in [2.45, 2.75) is 6.10 Å². The van der Waals surface area contributed by atoms with Gasteiger partial charge in [-0.1, -0.05) is 18.2 Å². The topological polar surface area (TPSA) is 59.1 Å². The van der Waals surface area contributed by atoms with Crippen molar-refractivity contribution >= 4 is 5.82 Å². The van der Waals surface area contributed by atoms with Crippen LogP contribution in [-0.4, -0.2) is 10.1 Å². The first kappa shape index (κ1) is 10.6. The maximum Gasteiger partial charge on any atom is 0.129 e. The van der Waals surface area contributed by atoms with Crippen LogP contribution in [0, 0.1) is 5.82 Å². The SMILES string of the molecule is Nc1ncccc1C(O)c1ccc(F)cc1. The minimum Gasteiger partial charge on any atom is -0.384 e. The summed E-state index contributed by atoms with van der Waals surface area (Å²) in [5.41, 5.74) is 6.75. The van der Waals surface area contributed by atoms with Gasteiger partial charge in [0.2, 0.25) is 0 Å². The van der Waals surface area contributed by atoms with E-state index in [2.05, 4.69) is 4.98 Å². The fourth-order valence-corrected chi connectivity index (χ4v) is 1.49. The highest BCUT2D eigenvalue weighted by Gasteiger charge is 2.13. The summed E-state index contributed by atoms with van der Waals surface area (Å²) >= 11 is 0. The lowest BCUT2D eigenvalue weighted by Gasteiger charge is -2.12. The Balaban J connectivity index is 2.35. The molecule has 3 N–H and O–H groups in total. The molecule has 0 aliphatic rings. The molecule has 2 rings (SSSR count). The van der Waals surface area contributed by atoms with E-state index in [0.29, 0.717) is 11.1 Å². The molecule has 3 nitrogen and oxygen atoms in total. The van der Waals surface area contributed by atoms with Gasteiger partial charge in [0.05, 0.1) is 0 Å². The van der Waals surface area contributed by atoms with Crippen LogP contribution in [0.15, 0.2) is 42.6 Å². The van der Waals surface area contributed by atoms with Crippen LogP contribution in [0.4, 0.5) is 10.2 Å². The fraction of sp³-hybridized carbons (Fsp3) is 0.0833. The molecule has 1 aromatic carbocycles. The summed E-state index contributed by atoms with van der Waals surface area (Å²) in [7, 11) is 0. The molecule has 0 bridgehead atoms. The van der Waals surface area contributed by atoms with Crippen molar-refractivity contribution in [2.24, 2.45) is 0 Å². The number of nitrogens with two attached hydrogens (primary N) is 1. The van der Waals surface area contributed by atoms with E-state index in [1.165, 1.54) is 24.3 Å². The summed E-state index contributed by atoms with van der Waals surface area (Å²) in [6, 6.07) is 9.02. The Morgan fingerprint density at radius 2 is 1.88 bits per heavy atom. The predicted octanol–water partition coefficient (Wildman–Crippen LogP) is 1.88. The zero-order chi connectivity index (χ0) is 11.5. The van der Waals surface area contributed by atoms with Gasteiger partial charge in [0, 0.05) is 11.8 Å². The molecule has 0 aliphatic carbocycles. The van der Waals surface area contributed by atoms with Gasteiger partial charge in [0.1, 0.15) is 17.7 Å². The molecule has 0 aliphatic heterocycles. The van der Waals surface area contributed by atoms with Crippen LogP contribution < -0.4 is 5.73 Å². The second-order valence-electron chi connectivity index (χ2n) is 3.43. The van der Waals surface area contributed by atoms with Gasteiger partial charge in [-0.05, 0) is 23.8 Å². The van der Waals surface area contributed by atoms with Crippen molar-refractivity contribution in [1.29, 1.82) is 0 Å². The molecule has 0 spiro atoms. The molecule has 1 atom stereocenters. The number of pyridine rings is 1. The summed E-state index contributed by atoms with van der Waals surface area (Å²) in [5.74, 6) is -0.0607. The summed E-state index contributed by atoms with van der Waals surface area (Å²) in [4.78, 5) is 3.89. The highest BCUT2D eigenvalue weighted by Crippen LogP contribution is 2.24. The Morgan fingerprint density at radius 3 is 2.50 bits per heavy atom. The average Bonchev–Trinajstić information content (AvgIpc) is 2.30. The van der Waals surface area contributed by atoms with E-state index < -0.39 is 6.10 Å². The quantitative estimate of drug-likeness (QED) is 0.809. The molecule has 1 heterocycles. The number of hydrogen-bond acceptors (Lipinski definition) is 3. The van der Waals surface area contributed by atoms with Gasteiger partial charge in [-0.15, -0.1) is 0 Å². The van der Waals surface area contributed by atoms with Crippen molar-refractivity contribution in [3.63, 3.8) is 0 Å². The number of halogens is 1. The zero-order valence-electron chi connectivity index (χ0n) is 8.47. The van der Waals surface area contributed by atoms with Gasteiger partial charge in [0.25, 0.3) is 0 Å². The van der Waals surface area contributed by atoms with Crippen LogP contribution in [0.5, 0.6) is 0 Å². The van der Waals surface area contributed by atoms with Gasteiger partial charge in [-0.2, -0.15) is 0 Å². The lowest BCUT2D eigenvalue weighted by Crippen LogP contribution is -2.05. The third-order valence-electron chi connectivity index (χ3n) is 2.35. The smallest absolute Gasteiger partial charge is 0.129 e. The molecule has 0 amide bonds. The van der Waals surface area contributed by atoms with Gasteiger partial charge >= 0.3 is 0 Å². The first-order valence-electron chi connectivity index (χ1n) is 4.82. The minimum absolute atomic E-state index is 0.277. The summed E-state index contributed by atoms with van der Waals surface area (Å²) < 4.78 is 12.7. The highest BCUT2D eigenvalue weighted by atomic mass is 19.1. The van der Waals surface area contributed by atoms with Crippen molar-refractivity contribution in [1.82, 2.24) is 4.98 Å². The molecule has 0 fully saturated rings. The van der Waals surface area contributed by atoms with Gasteiger partial charge in [0.15, 0.2) is 0 Å². The first-order valence-corrected chi connectivity index (χ1v) is 4.82. The highest BCUT2D eigenvalue weighted by molar-refractivity contribution is 5.44. The number of hydrogen-bond donors (Lipinski definition) is 2. The zero-order valence-corrected chi connectivity index (χ0v) is 8.47. The summed E-state index contributed by atoms with van der Waals surface area (Å²) in [6.07, 6.45) is 0.672. The predicted molar refractivity (Wildman–Crippen MR) is 59.1 cm³/mol. The number of aliphatic hydroxyl groups is 1. The van der Waals surface area contributed by atoms with Crippen LogP contribution in [0.2, 0.25) is 0 Å². The van der Waals surface area contributed by atoms with E-state index in [9.17, 15) is 9.50 Å². The number of nitrogen functional groups attached to an aromatic ring is 1. The van der Waals surface area contributed by atoms with E-state index >= 15 is 0 Å². The van der Waals surface area contributed by atoms with E-state index in [4.69, 9.17) is 5.73 Å². The van der Waals surface area contributed by atoms with Crippen LogP contribution in [0.1, 0.15) is 17.2 Å². The standard InChI is InChI=1S/C12H11FN2O/c13-9-5-3-8(4-6-9)11(16)10-2-1-7-15-12(10)14/h1-7,11,16H,(H2,14,15). The molecule has 82 valence electrons. The normalized spacial score (nSPS) is 12.4. The second kappa shape index (κ2) is 4.28. The van der Waals surface area contributed by atoms with Gasteiger partial charge < -0.3 is 10.8 Å². The largest absolute Gasteiger partial charge is 0.384 e. The molecule has 2 aromatic rings.